The first-order valence-corrected chi connectivity index (χ1v) is 9.17. The molecular weight excluding hydrogens is 350 g/mol. The molecule has 1 aromatic heterocycles. The minimum Gasteiger partial charge on any atom is -0.497 e. The van der Waals surface area contributed by atoms with Crippen molar-refractivity contribution >= 4 is 16.9 Å². The zero-order chi connectivity index (χ0) is 19.5. The van der Waals surface area contributed by atoms with Crippen LogP contribution in [0.15, 0.2) is 72.8 Å². The molecule has 28 heavy (non-hydrogen) atoms. The highest BCUT2D eigenvalue weighted by molar-refractivity contribution is 5.88. The topological polar surface area (TPSA) is 62.3 Å². The summed E-state index contributed by atoms with van der Waals surface area (Å²) in [5.74, 6) is 0.00859. The fourth-order valence-corrected chi connectivity index (χ4v) is 3.61. The van der Waals surface area contributed by atoms with E-state index in [0.29, 0.717) is 6.42 Å². The van der Waals surface area contributed by atoms with Crippen molar-refractivity contribution in [2.24, 2.45) is 0 Å². The summed E-state index contributed by atoms with van der Waals surface area (Å²) in [6.07, 6.45) is 0.665. The number of carbonyl (C=O) groups is 1. The molecule has 4 rings (SSSR count). The highest BCUT2D eigenvalue weighted by Crippen LogP contribution is 2.27. The smallest absolute Gasteiger partial charge is 0.307 e. The van der Waals surface area contributed by atoms with Gasteiger partial charge in [-0.2, -0.15) is 0 Å². The number of carboxylic acid groups (broad SMARTS) is 1. The van der Waals surface area contributed by atoms with Crippen molar-refractivity contribution in [3.8, 4) is 16.9 Å². The summed E-state index contributed by atoms with van der Waals surface area (Å²) in [6.45, 7) is 0. The van der Waals surface area contributed by atoms with Gasteiger partial charge in [0, 0.05) is 23.0 Å². The van der Waals surface area contributed by atoms with Gasteiger partial charge in [0.15, 0.2) is 0 Å². The van der Waals surface area contributed by atoms with Crippen molar-refractivity contribution in [2.75, 3.05) is 7.11 Å². The Hall–Kier alpha value is -3.53. The molecule has 4 nitrogen and oxygen atoms in total. The number of para-hydroxylation sites is 1. The zero-order valence-electron chi connectivity index (χ0n) is 15.6. The number of hydrogen-bond donors (Lipinski definition) is 2. The van der Waals surface area contributed by atoms with Crippen molar-refractivity contribution in [2.45, 2.75) is 12.8 Å². The quantitative estimate of drug-likeness (QED) is 0.498. The molecule has 140 valence electrons. The van der Waals surface area contributed by atoms with Gasteiger partial charge < -0.3 is 14.8 Å². The van der Waals surface area contributed by atoms with E-state index < -0.39 is 5.97 Å². The molecule has 0 atom stereocenters. The van der Waals surface area contributed by atoms with Crippen LogP contribution < -0.4 is 4.74 Å². The number of H-pyrrole nitrogens is 1. The van der Waals surface area contributed by atoms with Gasteiger partial charge >= 0.3 is 5.97 Å². The molecule has 0 bridgehead atoms. The molecule has 0 aliphatic heterocycles. The first kappa shape index (κ1) is 17.9. The van der Waals surface area contributed by atoms with Gasteiger partial charge in [0.25, 0.3) is 0 Å². The Kier molecular flexibility index (Phi) is 4.85. The molecular formula is C24H21NO3. The van der Waals surface area contributed by atoms with Gasteiger partial charge in [0.05, 0.1) is 13.5 Å². The summed E-state index contributed by atoms with van der Waals surface area (Å²) >= 11 is 0. The Morgan fingerprint density at radius 3 is 2.50 bits per heavy atom. The first-order chi connectivity index (χ1) is 13.6. The molecule has 4 heteroatoms. The molecule has 1 heterocycles. The van der Waals surface area contributed by atoms with E-state index >= 15 is 0 Å². The van der Waals surface area contributed by atoms with Gasteiger partial charge in [-0.1, -0.05) is 54.6 Å². The molecule has 0 aliphatic carbocycles. The summed E-state index contributed by atoms with van der Waals surface area (Å²) in [6, 6.07) is 24.2. The lowest BCUT2D eigenvalue weighted by Crippen LogP contribution is -2.03. The molecule has 0 saturated carbocycles. The summed E-state index contributed by atoms with van der Waals surface area (Å²) < 4.78 is 5.23. The van der Waals surface area contributed by atoms with Crippen LogP contribution in [-0.2, 0) is 17.6 Å². The maximum Gasteiger partial charge on any atom is 0.307 e. The van der Waals surface area contributed by atoms with Crippen molar-refractivity contribution < 1.29 is 14.6 Å². The molecule has 0 saturated heterocycles. The van der Waals surface area contributed by atoms with Gasteiger partial charge in [0.2, 0.25) is 0 Å². The number of aromatic nitrogens is 1. The summed E-state index contributed by atoms with van der Waals surface area (Å²) in [5, 5.41) is 10.3. The highest BCUT2D eigenvalue weighted by Gasteiger charge is 2.14. The fraction of sp³-hybridized carbons (Fsp3) is 0.125. The van der Waals surface area contributed by atoms with E-state index in [1.165, 1.54) is 0 Å². The number of ether oxygens (including phenoxy) is 1. The van der Waals surface area contributed by atoms with Crippen LogP contribution in [-0.4, -0.2) is 23.2 Å². The van der Waals surface area contributed by atoms with Crippen LogP contribution in [0.3, 0.4) is 0 Å². The lowest BCUT2D eigenvalue weighted by atomic mass is 9.98. The number of carboxylic acids is 1. The van der Waals surface area contributed by atoms with E-state index in [1.807, 2.05) is 54.6 Å². The van der Waals surface area contributed by atoms with Crippen LogP contribution >= 0.6 is 0 Å². The van der Waals surface area contributed by atoms with Gasteiger partial charge in [-0.15, -0.1) is 0 Å². The number of hydrogen-bond acceptors (Lipinski definition) is 2. The average molecular weight is 371 g/mol. The SMILES string of the molecule is COc1ccc(-c2cccc(Cc3[nH]c4ccccc4c3CC(=O)O)c2)cc1. The number of methoxy groups -OCH3 is 1. The third kappa shape index (κ3) is 3.62. The second-order valence-corrected chi connectivity index (χ2v) is 6.80. The molecule has 0 amide bonds. The van der Waals surface area contributed by atoms with Crippen LogP contribution in [0.2, 0.25) is 0 Å². The molecule has 0 radical (unpaired) electrons. The molecule has 0 unspecified atom stereocenters. The third-order valence-electron chi connectivity index (χ3n) is 4.96. The number of aliphatic carboxylic acids is 1. The summed E-state index contributed by atoms with van der Waals surface area (Å²) in [7, 11) is 1.66. The van der Waals surface area contributed by atoms with E-state index in [1.54, 1.807) is 7.11 Å². The summed E-state index contributed by atoms with van der Waals surface area (Å²) in [4.78, 5) is 14.8. The van der Waals surface area contributed by atoms with Gasteiger partial charge in [-0.25, -0.2) is 0 Å². The van der Waals surface area contributed by atoms with E-state index in [4.69, 9.17) is 4.74 Å². The predicted molar refractivity (Wildman–Crippen MR) is 111 cm³/mol. The minimum atomic E-state index is -0.821. The third-order valence-corrected chi connectivity index (χ3v) is 4.96. The fourth-order valence-electron chi connectivity index (χ4n) is 3.61. The Morgan fingerprint density at radius 2 is 1.75 bits per heavy atom. The standard InChI is InChI=1S/C24H21NO3/c1-28-19-11-9-17(10-12-19)18-6-4-5-16(13-18)14-23-21(15-24(26)27)20-7-2-3-8-22(20)25-23/h2-13,25H,14-15H2,1H3,(H,26,27). The predicted octanol–water partition coefficient (Wildman–Crippen LogP) is 5.06. The Morgan fingerprint density at radius 1 is 0.964 bits per heavy atom. The van der Waals surface area contributed by atoms with E-state index in [9.17, 15) is 9.90 Å². The highest BCUT2D eigenvalue weighted by atomic mass is 16.5. The maximum absolute atomic E-state index is 11.4. The van der Waals surface area contributed by atoms with Crippen LogP contribution in [0, 0.1) is 0 Å². The maximum atomic E-state index is 11.4. The van der Waals surface area contributed by atoms with Crippen LogP contribution in [0.25, 0.3) is 22.0 Å². The monoisotopic (exact) mass is 371 g/mol. The number of fused-ring (bicyclic) bond motifs is 1. The molecule has 2 N–H and O–H groups in total. The molecule has 0 aliphatic rings. The van der Waals surface area contributed by atoms with Crippen molar-refractivity contribution in [3.63, 3.8) is 0 Å². The number of aromatic amines is 1. The number of rotatable bonds is 6. The molecule has 4 aromatic rings. The lowest BCUT2D eigenvalue weighted by molar-refractivity contribution is -0.136. The molecule has 0 fully saturated rings. The Bertz CT molecular complexity index is 1130. The average Bonchev–Trinajstić information content (AvgIpc) is 3.05. The van der Waals surface area contributed by atoms with Crippen molar-refractivity contribution in [1.29, 1.82) is 0 Å². The second kappa shape index (κ2) is 7.61. The van der Waals surface area contributed by atoms with Gasteiger partial charge in [-0.05, 0) is 40.5 Å². The van der Waals surface area contributed by atoms with Crippen LogP contribution in [0.1, 0.15) is 16.8 Å². The minimum absolute atomic E-state index is 0.0114. The molecule has 3 aromatic carbocycles. The zero-order valence-corrected chi connectivity index (χ0v) is 15.6. The number of benzene rings is 3. The largest absolute Gasteiger partial charge is 0.497 e. The van der Waals surface area contributed by atoms with Gasteiger partial charge in [-0.3, -0.25) is 4.79 Å². The van der Waals surface area contributed by atoms with Gasteiger partial charge in [0.1, 0.15) is 5.75 Å². The lowest BCUT2D eigenvalue weighted by Gasteiger charge is -2.08. The Balaban J connectivity index is 1.68. The van der Waals surface area contributed by atoms with E-state index in [-0.39, 0.29) is 6.42 Å². The van der Waals surface area contributed by atoms with Crippen molar-refractivity contribution in [3.05, 3.63) is 89.6 Å². The summed E-state index contributed by atoms with van der Waals surface area (Å²) in [5.41, 5.74) is 6.15. The second-order valence-electron chi connectivity index (χ2n) is 6.80. The normalized spacial score (nSPS) is 10.9. The van der Waals surface area contributed by atoms with Crippen LogP contribution in [0.5, 0.6) is 5.75 Å². The van der Waals surface area contributed by atoms with E-state index in [2.05, 4.69) is 23.2 Å². The van der Waals surface area contributed by atoms with E-state index in [0.717, 1.165) is 44.6 Å². The first-order valence-electron chi connectivity index (χ1n) is 9.17. The van der Waals surface area contributed by atoms with Crippen LogP contribution in [0.4, 0.5) is 0 Å². The molecule has 0 spiro atoms. The van der Waals surface area contributed by atoms with Crippen molar-refractivity contribution in [1.82, 2.24) is 4.98 Å². The number of nitrogens with one attached hydrogen (secondary N) is 1. The Labute approximate surface area is 163 Å².